The van der Waals surface area contributed by atoms with Crippen molar-refractivity contribution in [2.45, 2.75) is 57.7 Å². The van der Waals surface area contributed by atoms with E-state index in [1.165, 1.54) is 6.33 Å². The van der Waals surface area contributed by atoms with Crippen LogP contribution in [0.4, 0.5) is 4.79 Å². The van der Waals surface area contributed by atoms with Crippen LogP contribution in [0.1, 0.15) is 47.2 Å². The van der Waals surface area contributed by atoms with E-state index in [1.807, 2.05) is 30.3 Å². The van der Waals surface area contributed by atoms with Gasteiger partial charge >= 0.3 is 6.09 Å². The van der Waals surface area contributed by atoms with Gasteiger partial charge in [0.1, 0.15) is 23.9 Å². The number of hydrogen-bond acceptors (Lipinski definition) is 9. The summed E-state index contributed by atoms with van der Waals surface area (Å²) in [6.45, 7) is 3.73. The second-order valence-electron chi connectivity index (χ2n) is 10.9. The van der Waals surface area contributed by atoms with E-state index in [1.54, 1.807) is 32.2 Å². The minimum absolute atomic E-state index is 0.0270. The second kappa shape index (κ2) is 15.9. The van der Waals surface area contributed by atoms with Gasteiger partial charge in [-0.15, -0.1) is 0 Å². The Bertz CT molecular complexity index is 1660. The first-order chi connectivity index (χ1) is 22.5. The molecule has 16 heteroatoms. The second-order valence-corrected chi connectivity index (χ2v) is 10.9. The molecule has 16 nitrogen and oxygen atoms in total. The Morgan fingerprint density at radius 3 is 2.34 bits per heavy atom. The van der Waals surface area contributed by atoms with Crippen LogP contribution in [0.3, 0.4) is 0 Å². The van der Waals surface area contributed by atoms with E-state index < -0.39 is 36.0 Å². The van der Waals surface area contributed by atoms with E-state index in [9.17, 15) is 24.6 Å². The predicted molar refractivity (Wildman–Crippen MR) is 171 cm³/mol. The van der Waals surface area contributed by atoms with Crippen molar-refractivity contribution in [1.29, 1.82) is 0 Å². The number of aliphatic imine (C=N–C) groups is 1. The van der Waals surface area contributed by atoms with Gasteiger partial charge in [-0.05, 0) is 55.5 Å². The maximum absolute atomic E-state index is 14.1. The van der Waals surface area contributed by atoms with Gasteiger partial charge in [0, 0.05) is 36.8 Å². The minimum Gasteiger partial charge on any atom is -0.508 e. The molecular weight excluding hydrogens is 608 g/mol. The van der Waals surface area contributed by atoms with E-state index in [4.69, 9.17) is 16.0 Å². The molecular formula is C31H38N10O6. The Labute approximate surface area is 270 Å². The fourth-order valence-electron chi connectivity index (χ4n) is 5.07. The van der Waals surface area contributed by atoms with Crippen LogP contribution in [0, 0.1) is 13.8 Å². The van der Waals surface area contributed by atoms with E-state index in [2.05, 4.69) is 41.1 Å². The van der Waals surface area contributed by atoms with Crippen molar-refractivity contribution in [2.24, 2.45) is 16.5 Å². The van der Waals surface area contributed by atoms with Crippen molar-refractivity contribution in [3.63, 3.8) is 0 Å². The zero-order valence-electron chi connectivity index (χ0n) is 25.9. The highest BCUT2D eigenvalue weighted by atomic mass is 16.5. The van der Waals surface area contributed by atoms with Crippen molar-refractivity contribution in [2.75, 3.05) is 6.54 Å². The lowest BCUT2D eigenvalue weighted by molar-refractivity contribution is -0.130. The van der Waals surface area contributed by atoms with Gasteiger partial charge in [0.15, 0.2) is 5.96 Å². The average Bonchev–Trinajstić information content (AvgIpc) is 3.72. The van der Waals surface area contributed by atoms with Gasteiger partial charge in [-0.2, -0.15) is 4.98 Å². The largest absolute Gasteiger partial charge is 0.508 e. The topological polar surface area (TPSA) is 260 Å². The molecule has 248 valence electrons. The Balaban J connectivity index is 1.63. The number of carbonyl (C=O) groups is 3. The molecule has 0 bridgehead atoms. The number of rotatable bonds is 15. The summed E-state index contributed by atoms with van der Waals surface area (Å²) in [6, 6.07) is 9.08. The summed E-state index contributed by atoms with van der Waals surface area (Å²) in [5.74, 6) is -0.933. The van der Waals surface area contributed by atoms with Crippen LogP contribution >= 0.6 is 0 Å². The molecule has 0 fully saturated rings. The van der Waals surface area contributed by atoms with Crippen molar-refractivity contribution in [1.82, 2.24) is 36.1 Å². The first-order valence-corrected chi connectivity index (χ1v) is 14.8. The summed E-state index contributed by atoms with van der Waals surface area (Å²) in [5, 5.41) is 31.4. The number of nitrogens with one attached hydrogen (secondary N) is 4. The zero-order valence-corrected chi connectivity index (χ0v) is 25.9. The molecule has 10 N–H and O–H groups in total. The molecule has 2 aromatic heterocycles. The van der Waals surface area contributed by atoms with Crippen LogP contribution in [0.15, 0.2) is 64.5 Å². The lowest BCUT2D eigenvalue weighted by Crippen LogP contribution is -2.55. The van der Waals surface area contributed by atoms with Gasteiger partial charge in [0.05, 0.1) is 6.33 Å². The maximum atomic E-state index is 14.1. The highest BCUT2D eigenvalue weighted by molar-refractivity contribution is 5.91. The molecule has 2 aromatic carbocycles. The third kappa shape index (κ3) is 9.78. The summed E-state index contributed by atoms with van der Waals surface area (Å²) in [4.78, 5) is 54.6. The number of aromatic amines is 1. The van der Waals surface area contributed by atoms with Crippen molar-refractivity contribution >= 4 is 23.9 Å². The van der Waals surface area contributed by atoms with Crippen LogP contribution in [0.5, 0.6) is 5.75 Å². The molecule has 3 atom stereocenters. The molecule has 2 heterocycles. The molecule has 0 spiro atoms. The van der Waals surface area contributed by atoms with Gasteiger partial charge in [-0.25, -0.2) is 9.78 Å². The summed E-state index contributed by atoms with van der Waals surface area (Å²) in [7, 11) is 0. The Morgan fingerprint density at radius 2 is 1.70 bits per heavy atom. The van der Waals surface area contributed by atoms with Crippen LogP contribution in [0.25, 0.3) is 11.4 Å². The number of aromatic nitrogens is 4. The van der Waals surface area contributed by atoms with Crippen LogP contribution in [-0.4, -0.2) is 72.8 Å². The van der Waals surface area contributed by atoms with E-state index >= 15 is 0 Å². The third-order valence-electron chi connectivity index (χ3n) is 7.35. The van der Waals surface area contributed by atoms with Crippen LogP contribution in [-0.2, 0) is 22.4 Å². The van der Waals surface area contributed by atoms with Crippen LogP contribution < -0.4 is 27.4 Å². The van der Waals surface area contributed by atoms with Gasteiger partial charge in [0.2, 0.25) is 23.5 Å². The fraction of sp³-hybridized carbons (Fsp3) is 0.323. The molecule has 47 heavy (non-hydrogen) atoms. The van der Waals surface area contributed by atoms with Gasteiger partial charge in [0.25, 0.3) is 0 Å². The Morgan fingerprint density at radius 1 is 1.00 bits per heavy atom. The van der Waals surface area contributed by atoms with Crippen molar-refractivity contribution in [3.05, 3.63) is 83.3 Å². The maximum Gasteiger partial charge on any atom is 0.405 e. The summed E-state index contributed by atoms with van der Waals surface area (Å²) in [6.07, 6.45) is 2.26. The molecule has 0 aliphatic rings. The number of H-pyrrole nitrogens is 1. The molecule has 0 saturated heterocycles. The molecule has 3 amide bonds. The molecule has 4 aromatic rings. The Kier molecular flexibility index (Phi) is 11.5. The van der Waals surface area contributed by atoms with Gasteiger partial charge in [-0.1, -0.05) is 35.5 Å². The lowest BCUT2D eigenvalue weighted by Gasteiger charge is -2.25. The monoisotopic (exact) mass is 646 g/mol. The number of phenols is 1. The Hall–Kier alpha value is -5.93. The zero-order chi connectivity index (χ0) is 33.9. The number of carbonyl (C=O) groups excluding carboxylic acids is 2. The van der Waals surface area contributed by atoms with Crippen molar-refractivity contribution in [3.8, 4) is 17.1 Å². The number of nitrogens with zero attached hydrogens (tertiary/aromatic N) is 4. The van der Waals surface area contributed by atoms with E-state index in [0.717, 1.165) is 0 Å². The number of guanidine groups is 1. The number of benzene rings is 2. The normalized spacial score (nSPS) is 12.8. The average molecular weight is 647 g/mol. The lowest BCUT2D eigenvalue weighted by atomic mass is 9.95. The predicted octanol–water partition coefficient (Wildman–Crippen LogP) is 1.60. The molecule has 0 radical (unpaired) electrons. The fourth-order valence-corrected chi connectivity index (χ4v) is 5.07. The molecule has 0 saturated carbocycles. The quantitative estimate of drug-likeness (QED) is 0.0522. The van der Waals surface area contributed by atoms with E-state index in [0.29, 0.717) is 33.8 Å². The number of aryl methyl sites for hydroxylation is 2. The summed E-state index contributed by atoms with van der Waals surface area (Å²) >= 11 is 0. The first kappa shape index (κ1) is 34.0. The minimum atomic E-state index is -1.41. The standard InChI is InChI=1S/C31H38N10O6/c1-17-11-21(42)12-18(2)22(17)14-24(37-27(43)23(39-31(45)46)9-6-10-35-30(32)33)28(44)38-25(13-20-15-34-16-36-20)29-40-26(41-47-29)19-7-4-3-5-8-19/h3-5,7-8,11-12,15-16,23-25,39,42H,6,9-10,13-14H2,1-2H3,(H,34,36)(H,37,43)(H,38,44)(H,45,46)(H4,32,33,35)/t23?,24?,25-/m0/s1. The van der Waals surface area contributed by atoms with Crippen molar-refractivity contribution < 1.29 is 29.1 Å². The van der Waals surface area contributed by atoms with Gasteiger partial charge < -0.3 is 47.1 Å². The number of hydrogen-bond donors (Lipinski definition) is 8. The van der Waals surface area contributed by atoms with E-state index in [-0.39, 0.29) is 49.8 Å². The smallest absolute Gasteiger partial charge is 0.405 e. The number of nitrogens with two attached hydrogens (primary N) is 2. The van der Waals surface area contributed by atoms with Crippen LogP contribution in [0.2, 0.25) is 0 Å². The third-order valence-corrected chi connectivity index (χ3v) is 7.35. The SMILES string of the molecule is Cc1cc(O)cc(C)c1CC(NC(=O)C(CCCN=C(N)N)NC(=O)O)C(=O)N[C@@H](Cc1cnc[nH]1)c1nc(-c2ccccc2)no1. The first-order valence-electron chi connectivity index (χ1n) is 14.8. The molecule has 4 rings (SSSR count). The van der Waals surface area contributed by atoms with Gasteiger partial charge in [-0.3, -0.25) is 14.6 Å². The highest BCUT2D eigenvalue weighted by Crippen LogP contribution is 2.24. The number of aromatic hydroxyl groups is 1. The molecule has 2 unspecified atom stereocenters. The summed E-state index contributed by atoms with van der Waals surface area (Å²) in [5.41, 5.74) is 14.2. The number of carboxylic acid groups (broad SMARTS) is 1. The molecule has 0 aliphatic heterocycles. The number of phenolic OH excluding ortho intramolecular Hbond substituents is 1. The highest BCUT2D eigenvalue weighted by Gasteiger charge is 2.31. The summed E-state index contributed by atoms with van der Waals surface area (Å²) < 4.78 is 5.59. The number of amides is 3. The molecule has 0 aliphatic carbocycles. The number of imidazole rings is 1.